The van der Waals surface area contributed by atoms with Crippen LogP contribution in [-0.4, -0.2) is 35.7 Å². The van der Waals surface area contributed by atoms with Gasteiger partial charge in [-0.15, -0.1) is 0 Å². The summed E-state index contributed by atoms with van der Waals surface area (Å²) in [6.45, 7) is 2.80. The van der Waals surface area contributed by atoms with Crippen LogP contribution in [0, 0.1) is 0 Å². The molecule has 4 N–H and O–H groups in total. The average Bonchev–Trinajstić information content (AvgIpc) is 2.77. The van der Waals surface area contributed by atoms with Gasteiger partial charge in [0.05, 0.1) is 19.3 Å². The molecule has 174 valence electrons. The minimum atomic E-state index is -0.839. The minimum Gasteiger partial charge on any atom is -0.506 e. The first-order valence-corrected chi connectivity index (χ1v) is 10.9. The second-order valence-corrected chi connectivity index (χ2v) is 7.69. The lowest BCUT2D eigenvalue weighted by Gasteiger charge is -2.18. The van der Waals surface area contributed by atoms with Gasteiger partial charge < -0.3 is 25.3 Å². The molecule has 32 heavy (non-hydrogen) atoms. The Kier molecular flexibility index (Phi) is 9.78. The number of pyridine rings is 1. The van der Waals surface area contributed by atoms with Crippen LogP contribution in [0.4, 0.5) is 0 Å². The fourth-order valence-electron chi connectivity index (χ4n) is 3.58. The summed E-state index contributed by atoms with van der Waals surface area (Å²) in [6, 6.07) is 6.92. The van der Waals surface area contributed by atoms with Gasteiger partial charge in [-0.1, -0.05) is 51.2 Å². The van der Waals surface area contributed by atoms with Gasteiger partial charge in [0.15, 0.2) is 0 Å². The zero-order chi connectivity index (χ0) is 23.5. The number of hydrogen-bond donors (Lipinski definition) is 3. The molecule has 1 atom stereocenters. The molecule has 0 aliphatic heterocycles. The second-order valence-electron chi connectivity index (χ2n) is 7.69. The molecule has 2 aromatic rings. The normalized spacial score (nSPS) is 11.7. The van der Waals surface area contributed by atoms with E-state index in [1.807, 2.05) is 0 Å². The van der Waals surface area contributed by atoms with Gasteiger partial charge in [0.1, 0.15) is 17.1 Å². The first kappa shape index (κ1) is 25.0. The summed E-state index contributed by atoms with van der Waals surface area (Å²) < 4.78 is 10.4. The SMILES string of the molecule is CCCCCCCCOc1ccc([C@@H](CC(N)=O)c2c(O)c(C(=O)OC)c[nH]c2=O)cc1. The zero-order valence-electron chi connectivity index (χ0n) is 18.7. The van der Waals surface area contributed by atoms with Crippen molar-refractivity contribution in [1.29, 1.82) is 0 Å². The molecule has 0 aliphatic carbocycles. The van der Waals surface area contributed by atoms with Crippen LogP contribution in [0.15, 0.2) is 35.3 Å². The van der Waals surface area contributed by atoms with Crippen molar-refractivity contribution in [2.75, 3.05) is 13.7 Å². The summed E-state index contributed by atoms with van der Waals surface area (Å²) in [5, 5.41) is 10.6. The Bertz CT molecular complexity index is 952. The van der Waals surface area contributed by atoms with E-state index in [0.717, 1.165) is 26.1 Å². The Morgan fingerprint density at radius 2 is 1.75 bits per heavy atom. The van der Waals surface area contributed by atoms with Crippen molar-refractivity contribution >= 4 is 11.9 Å². The number of nitrogens with one attached hydrogen (secondary N) is 1. The molecule has 2 rings (SSSR count). The number of primary amides is 1. The summed E-state index contributed by atoms with van der Waals surface area (Å²) in [5.41, 5.74) is 5.04. The number of hydrogen-bond acceptors (Lipinski definition) is 6. The molecule has 1 heterocycles. The lowest BCUT2D eigenvalue weighted by atomic mass is 9.87. The van der Waals surface area contributed by atoms with Gasteiger partial charge in [-0.2, -0.15) is 0 Å². The minimum absolute atomic E-state index is 0.118. The number of aromatic hydroxyl groups is 1. The Morgan fingerprint density at radius 1 is 1.09 bits per heavy atom. The van der Waals surface area contributed by atoms with Gasteiger partial charge in [0.2, 0.25) is 5.91 Å². The van der Waals surface area contributed by atoms with Gasteiger partial charge in [-0.25, -0.2) is 4.79 Å². The fourth-order valence-corrected chi connectivity index (χ4v) is 3.58. The molecule has 8 nitrogen and oxygen atoms in total. The highest BCUT2D eigenvalue weighted by Crippen LogP contribution is 2.34. The van der Waals surface area contributed by atoms with Crippen LogP contribution in [0.2, 0.25) is 0 Å². The van der Waals surface area contributed by atoms with Crippen LogP contribution >= 0.6 is 0 Å². The van der Waals surface area contributed by atoms with Crippen molar-refractivity contribution < 1.29 is 24.2 Å². The lowest BCUT2D eigenvalue weighted by molar-refractivity contribution is -0.118. The Morgan fingerprint density at radius 3 is 2.38 bits per heavy atom. The number of methoxy groups -OCH3 is 1. The summed E-state index contributed by atoms with van der Waals surface area (Å²) >= 11 is 0. The van der Waals surface area contributed by atoms with E-state index in [9.17, 15) is 19.5 Å². The number of unbranched alkanes of at least 4 members (excludes halogenated alkanes) is 5. The number of ether oxygens (including phenoxy) is 2. The molecule has 0 aliphatic rings. The van der Waals surface area contributed by atoms with E-state index in [1.54, 1.807) is 24.3 Å². The first-order valence-electron chi connectivity index (χ1n) is 10.9. The Labute approximate surface area is 187 Å². The molecule has 0 unspecified atom stereocenters. The number of aromatic nitrogens is 1. The standard InChI is InChI=1S/C24H32N2O6/c1-3-4-5-6-7-8-13-32-17-11-9-16(10-12-17)18(14-20(25)27)21-22(28)19(24(30)31-2)15-26-23(21)29/h9-12,15,18H,3-8,13-14H2,1-2H3,(H2,25,27)(H2,26,28,29)/t18-/m1/s1. The summed E-state index contributed by atoms with van der Waals surface area (Å²) in [4.78, 5) is 38.5. The van der Waals surface area contributed by atoms with E-state index in [4.69, 9.17) is 10.5 Å². The number of benzene rings is 1. The smallest absolute Gasteiger partial charge is 0.343 e. The monoisotopic (exact) mass is 444 g/mol. The highest BCUT2D eigenvalue weighted by Gasteiger charge is 2.27. The van der Waals surface area contributed by atoms with Gasteiger partial charge in [0, 0.05) is 18.5 Å². The third-order valence-corrected chi connectivity index (χ3v) is 5.31. The number of carbonyl (C=O) groups excluding carboxylic acids is 2. The van der Waals surface area contributed by atoms with Crippen LogP contribution in [0.25, 0.3) is 0 Å². The molecule has 0 bridgehead atoms. The molecule has 1 amide bonds. The van der Waals surface area contributed by atoms with Crippen LogP contribution in [0.3, 0.4) is 0 Å². The highest BCUT2D eigenvalue weighted by molar-refractivity contribution is 5.92. The summed E-state index contributed by atoms with van der Waals surface area (Å²) in [6.07, 6.45) is 7.87. The molecule has 0 saturated carbocycles. The van der Waals surface area contributed by atoms with Crippen molar-refractivity contribution in [2.45, 2.75) is 57.8 Å². The van der Waals surface area contributed by atoms with Crippen LogP contribution in [-0.2, 0) is 9.53 Å². The highest BCUT2D eigenvalue weighted by atomic mass is 16.5. The molecule has 8 heteroatoms. The van der Waals surface area contributed by atoms with Crippen LogP contribution in [0.1, 0.15) is 79.3 Å². The second kappa shape index (κ2) is 12.5. The topological polar surface area (TPSA) is 132 Å². The number of nitrogens with two attached hydrogens (primary N) is 1. The first-order chi connectivity index (χ1) is 15.4. The largest absolute Gasteiger partial charge is 0.506 e. The maximum atomic E-state index is 12.5. The number of H-pyrrole nitrogens is 1. The van der Waals surface area contributed by atoms with Gasteiger partial charge in [0.25, 0.3) is 5.56 Å². The molecule has 1 aromatic carbocycles. The van der Waals surface area contributed by atoms with Crippen molar-refractivity contribution in [3.8, 4) is 11.5 Å². The van der Waals surface area contributed by atoms with Crippen LogP contribution in [0.5, 0.6) is 11.5 Å². The van der Waals surface area contributed by atoms with Gasteiger partial charge in [-0.05, 0) is 24.1 Å². The number of aromatic amines is 1. The van der Waals surface area contributed by atoms with Crippen LogP contribution < -0.4 is 16.0 Å². The van der Waals surface area contributed by atoms with E-state index in [-0.39, 0.29) is 17.5 Å². The van der Waals surface area contributed by atoms with E-state index in [1.165, 1.54) is 25.7 Å². The van der Waals surface area contributed by atoms with Crippen molar-refractivity contribution in [2.24, 2.45) is 5.73 Å². The molecular formula is C24H32N2O6. The summed E-state index contributed by atoms with van der Waals surface area (Å²) in [7, 11) is 1.16. The molecule has 0 spiro atoms. The third kappa shape index (κ3) is 6.87. The van der Waals surface area contributed by atoms with E-state index in [2.05, 4.69) is 16.6 Å². The van der Waals surface area contributed by atoms with E-state index in [0.29, 0.717) is 17.9 Å². The van der Waals surface area contributed by atoms with Crippen molar-refractivity contribution in [3.05, 3.63) is 57.5 Å². The van der Waals surface area contributed by atoms with E-state index >= 15 is 0 Å². The van der Waals surface area contributed by atoms with Gasteiger partial charge in [-0.3, -0.25) is 9.59 Å². The van der Waals surface area contributed by atoms with Crippen molar-refractivity contribution in [1.82, 2.24) is 4.98 Å². The molecule has 1 aromatic heterocycles. The number of rotatable bonds is 13. The van der Waals surface area contributed by atoms with Gasteiger partial charge >= 0.3 is 5.97 Å². The Balaban J connectivity index is 2.18. The summed E-state index contributed by atoms with van der Waals surface area (Å²) in [5.74, 6) is -2.16. The zero-order valence-corrected chi connectivity index (χ0v) is 18.7. The molecule has 0 saturated heterocycles. The Hall–Kier alpha value is -3.29. The maximum absolute atomic E-state index is 12.5. The average molecular weight is 445 g/mol. The number of carbonyl (C=O) groups is 2. The lowest BCUT2D eigenvalue weighted by Crippen LogP contribution is -2.23. The molecule has 0 radical (unpaired) electrons. The predicted octanol–water partition coefficient (Wildman–Crippen LogP) is 3.61. The molecular weight excluding hydrogens is 412 g/mol. The van der Waals surface area contributed by atoms with Crippen molar-refractivity contribution in [3.63, 3.8) is 0 Å². The maximum Gasteiger partial charge on any atom is 0.343 e. The predicted molar refractivity (Wildman–Crippen MR) is 121 cm³/mol. The third-order valence-electron chi connectivity index (χ3n) is 5.31. The number of esters is 1. The fraction of sp³-hybridized carbons (Fsp3) is 0.458. The quantitative estimate of drug-likeness (QED) is 0.319. The van der Waals surface area contributed by atoms with E-state index < -0.39 is 29.1 Å². The number of amides is 1. The molecule has 0 fully saturated rings.